The van der Waals surface area contributed by atoms with Crippen molar-refractivity contribution in [2.24, 2.45) is 0 Å². The van der Waals surface area contributed by atoms with Crippen LogP contribution in [-0.4, -0.2) is 0 Å². The molecule has 0 aromatic heterocycles. The van der Waals surface area contributed by atoms with Crippen LogP contribution < -0.4 is 0 Å². The van der Waals surface area contributed by atoms with Gasteiger partial charge in [0, 0.05) is 5.33 Å². The molecule has 0 spiro atoms. The van der Waals surface area contributed by atoms with E-state index in [1.54, 1.807) is 0 Å². The summed E-state index contributed by atoms with van der Waals surface area (Å²) in [7, 11) is 0. The van der Waals surface area contributed by atoms with E-state index in [0.717, 1.165) is 5.33 Å². The number of hydrogen-bond donors (Lipinski definition) is 0. The monoisotopic (exact) mass is 226 g/mol. The molecule has 0 N–H and O–H groups in total. The molecule has 0 aliphatic rings. The van der Waals surface area contributed by atoms with Gasteiger partial charge in [0.05, 0.1) is 0 Å². The summed E-state index contributed by atoms with van der Waals surface area (Å²) in [5.41, 5.74) is 4.28. The molecule has 12 heavy (non-hydrogen) atoms. The summed E-state index contributed by atoms with van der Waals surface area (Å²) in [5.74, 6) is 0. The zero-order chi connectivity index (χ0) is 8.97. The standard InChI is InChI=1S/C11H15Br/c1-3-4-10-6-5-9(2)7-11(10)8-12/h5-7H,3-4,8H2,1-2H3. The minimum absolute atomic E-state index is 0.976. The quantitative estimate of drug-likeness (QED) is 0.688. The van der Waals surface area contributed by atoms with Crippen molar-refractivity contribution in [3.05, 3.63) is 34.9 Å². The Hall–Kier alpha value is -0.300. The third-order valence-electron chi connectivity index (χ3n) is 2.03. The Morgan fingerprint density at radius 2 is 2.00 bits per heavy atom. The summed E-state index contributed by atoms with van der Waals surface area (Å²) < 4.78 is 0. The molecule has 0 radical (unpaired) electrons. The van der Waals surface area contributed by atoms with Gasteiger partial charge in [0.2, 0.25) is 0 Å². The molecule has 1 rings (SSSR count). The number of aryl methyl sites for hydroxylation is 2. The highest BCUT2D eigenvalue weighted by molar-refractivity contribution is 9.08. The Balaban J connectivity index is 2.94. The molecule has 1 heteroatoms. The van der Waals surface area contributed by atoms with Crippen molar-refractivity contribution in [1.29, 1.82) is 0 Å². The molecule has 0 aliphatic carbocycles. The molecule has 0 saturated heterocycles. The number of alkyl halides is 1. The van der Waals surface area contributed by atoms with E-state index in [0.29, 0.717) is 0 Å². The van der Waals surface area contributed by atoms with E-state index in [4.69, 9.17) is 0 Å². The van der Waals surface area contributed by atoms with Crippen LogP contribution in [0.5, 0.6) is 0 Å². The van der Waals surface area contributed by atoms with Crippen LogP contribution in [0.25, 0.3) is 0 Å². The van der Waals surface area contributed by atoms with E-state index in [1.807, 2.05) is 0 Å². The largest absolute Gasteiger partial charge is 0.0876 e. The van der Waals surface area contributed by atoms with Gasteiger partial charge in [-0.2, -0.15) is 0 Å². The highest BCUT2D eigenvalue weighted by atomic mass is 79.9. The summed E-state index contributed by atoms with van der Waals surface area (Å²) in [4.78, 5) is 0. The molecule has 0 bridgehead atoms. The first kappa shape index (κ1) is 9.79. The van der Waals surface area contributed by atoms with Crippen molar-refractivity contribution in [3.63, 3.8) is 0 Å². The molecule has 1 aromatic rings. The maximum absolute atomic E-state index is 3.51. The molecule has 0 heterocycles. The molecule has 0 unspecified atom stereocenters. The Kier molecular flexibility index (Phi) is 3.80. The Bertz CT molecular complexity index is 253. The van der Waals surface area contributed by atoms with Crippen LogP contribution in [0.4, 0.5) is 0 Å². The SMILES string of the molecule is CCCc1ccc(C)cc1CBr. The molecular weight excluding hydrogens is 212 g/mol. The smallest absolute Gasteiger partial charge is 0.0285 e. The minimum atomic E-state index is 0.976. The second-order valence-corrected chi connectivity index (χ2v) is 3.72. The maximum atomic E-state index is 3.51. The van der Waals surface area contributed by atoms with Gasteiger partial charge in [-0.15, -0.1) is 0 Å². The van der Waals surface area contributed by atoms with Gasteiger partial charge in [-0.3, -0.25) is 0 Å². The predicted molar refractivity (Wildman–Crippen MR) is 57.8 cm³/mol. The van der Waals surface area contributed by atoms with Gasteiger partial charge in [-0.1, -0.05) is 53.0 Å². The van der Waals surface area contributed by atoms with Crippen molar-refractivity contribution in [3.8, 4) is 0 Å². The lowest BCUT2D eigenvalue weighted by molar-refractivity contribution is 0.910. The number of benzene rings is 1. The Labute approximate surface area is 83.1 Å². The van der Waals surface area contributed by atoms with Crippen LogP contribution in [0.15, 0.2) is 18.2 Å². The zero-order valence-electron chi connectivity index (χ0n) is 7.73. The highest BCUT2D eigenvalue weighted by Crippen LogP contribution is 2.16. The van der Waals surface area contributed by atoms with Crippen molar-refractivity contribution in [2.75, 3.05) is 0 Å². The minimum Gasteiger partial charge on any atom is -0.0876 e. The summed E-state index contributed by atoms with van der Waals surface area (Å²) in [5, 5.41) is 0.976. The van der Waals surface area contributed by atoms with Gasteiger partial charge in [0.15, 0.2) is 0 Å². The van der Waals surface area contributed by atoms with Crippen molar-refractivity contribution in [1.82, 2.24) is 0 Å². The second-order valence-electron chi connectivity index (χ2n) is 3.16. The topological polar surface area (TPSA) is 0 Å². The van der Waals surface area contributed by atoms with Gasteiger partial charge >= 0.3 is 0 Å². The first-order valence-electron chi connectivity index (χ1n) is 4.42. The third kappa shape index (κ3) is 2.34. The lowest BCUT2D eigenvalue weighted by Crippen LogP contribution is -1.91. The highest BCUT2D eigenvalue weighted by Gasteiger charge is 1.99. The van der Waals surface area contributed by atoms with E-state index in [2.05, 4.69) is 48.0 Å². The molecule has 0 fully saturated rings. The van der Waals surface area contributed by atoms with Crippen LogP contribution in [0.3, 0.4) is 0 Å². The van der Waals surface area contributed by atoms with Crippen LogP contribution in [0, 0.1) is 6.92 Å². The molecular formula is C11H15Br. The first-order valence-corrected chi connectivity index (χ1v) is 5.54. The van der Waals surface area contributed by atoms with Crippen LogP contribution in [0.1, 0.15) is 30.0 Å². The van der Waals surface area contributed by atoms with Gasteiger partial charge in [0.25, 0.3) is 0 Å². The van der Waals surface area contributed by atoms with Gasteiger partial charge in [0.1, 0.15) is 0 Å². The van der Waals surface area contributed by atoms with Crippen LogP contribution in [-0.2, 0) is 11.8 Å². The zero-order valence-corrected chi connectivity index (χ0v) is 9.32. The molecule has 0 atom stereocenters. The van der Waals surface area contributed by atoms with Gasteiger partial charge in [-0.25, -0.2) is 0 Å². The fourth-order valence-electron chi connectivity index (χ4n) is 1.39. The van der Waals surface area contributed by atoms with Crippen molar-refractivity contribution < 1.29 is 0 Å². The second kappa shape index (κ2) is 4.66. The lowest BCUT2D eigenvalue weighted by atomic mass is 10.0. The summed E-state index contributed by atoms with van der Waals surface area (Å²) >= 11 is 3.51. The average molecular weight is 227 g/mol. The normalized spacial score (nSPS) is 10.2. The summed E-state index contributed by atoms with van der Waals surface area (Å²) in [6.07, 6.45) is 2.42. The van der Waals surface area contributed by atoms with Gasteiger partial charge in [-0.05, 0) is 24.5 Å². The van der Waals surface area contributed by atoms with E-state index < -0.39 is 0 Å². The summed E-state index contributed by atoms with van der Waals surface area (Å²) in [6.45, 7) is 4.36. The predicted octanol–water partition coefficient (Wildman–Crippen LogP) is 3.84. The number of halogens is 1. The Morgan fingerprint density at radius 1 is 1.25 bits per heavy atom. The molecule has 66 valence electrons. The number of hydrogen-bond acceptors (Lipinski definition) is 0. The van der Waals surface area contributed by atoms with Crippen molar-refractivity contribution in [2.45, 2.75) is 32.0 Å². The Morgan fingerprint density at radius 3 is 2.58 bits per heavy atom. The maximum Gasteiger partial charge on any atom is 0.0285 e. The fourth-order valence-corrected chi connectivity index (χ4v) is 1.91. The fraction of sp³-hybridized carbons (Fsp3) is 0.455. The van der Waals surface area contributed by atoms with E-state index in [-0.39, 0.29) is 0 Å². The van der Waals surface area contributed by atoms with Crippen LogP contribution in [0.2, 0.25) is 0 Å². The van der Waals surface area contributed by atoms with Gasteiger partial charge < -0.3 is 0 Å². The van der Waals surface area contributed by atoms with Crippen molar-refractivity contribution >= 4 is 15.9 Å². The first-order chi connectivity index (χ1) is 5.77. The average Bonchev–Trinajstić information content (AvgIpc) is 2.08. The van der Waals surface area contributed by atoms with E-state index in [1.165, 1.54) is 29.5 Å². The third-order valence-corrected chi connectivity index (χ3v) is 2.63. The molecule has 0 nitrogen and oxygen atoms in total. The van der Waals surface area contributed by atoms with E-state index >= 15 is 0 Å². The molecule has 0 amide bonds. The molecule has 1 aromatic carbocycles. The lowest BCUT2D eigenvalue weighted by Gasteiger charge is -2.06. The number of rotatable bonds is 3. The molecule has 0 saturated carbocycles. The summed E-state index contributed by atoms with van der Waals surface area (Å²) in [6, 6.07) is 6.70. The molecule has 0 aliphatic heterocycles. The van der Waals surface area contributed by atoms with E-state index in [9.17, 15) is 0 Å². The van der Waals surface area contributed by atoms with Crippen LogP contribution >= 0.6 is 15.9 Å².